The molecule has 1 heterocycles. The summed E-state index contributed by atoms with van der Waals surface area (Å²) in [7, 11) is 0. The van der Waals surface area contributed by atoms with E-state index in [9.17, 15) is 4.79 Å². The second-order valence-corrected chi connectivity index (χ2v) is 10.2. The maximum Gasteiger partial charge on any atom is 0.508 e. The Morgan fingerprint density at radius 1 is 1.15 bits per heavy atom. The van der Waals surface area contributed by atoms with Gasteiger partial charge >= 0.3 is 6.16 Å². The van der Waals surface area contributed by atoms with Crippen LogP contribution in [0.5, 0.6) is 0 Å². The average Bonchev–Trinajstić information content (AvgIpc) is 3.28. The Morgan fingerprint density at radius 3 is 2.48 bits per heavy atom. The number of nitrogens with two attached hydrogens (primary N) is 2. The number of benzene rings is 1. The van der Waals surface area contributed by atoms with Gasteiger partial charge in [-0.2, -0.15) is 0 Å². The number of hydrogen-bond acceptors (Lipinski definition) is 8. The van der Waals surface area contributed by atoms with Gasteiger partial charge in [0.25, 0.3) is 0 Å². The molecule has 0 atom stereocenters. The first kappa shape index (κ1) is 35.2. The molecule has 4 N–H and O–H groups in total. The van der Waals surface area contributed by atoms with Crippen LogP contribution in [0.4, 0.5) is 4.79 Å². The van der Waals surface area contributed by atoms with Crippen molar-refractivity contribution < 1.29 is 14.3 Å². The van der Waals surface area contributed by atoms with Gasteiger partial charge in [0.1, 0.15) is 17.1 Å². The number of aromatic nitrogens is 2. The molecule has 9 heteroatoms. The molecule has 2 aromatic rings. The van der Waals surface area contributed by atoms with Gasteiger partial charge in [-0.1, -0.05) is 56.7 Å². The third-order valence-corrected chi connectivity index (χ3v) is 6.44. The number of carbonyl (C=O) groups is 1. The quantitative estimate of drug-likeness (QED) is 0.0590. The fourth-order valence-corrected chi connectivity index (χ4v) is 4.15. The van der Waals surface area contributed by atoms with Crippen LogP contribution in [0.15, 0.2) is 54.3 Å². The van der Waals surface area contributed by atoms with E-state index in [0.717, 1.165) is 66.0 Å². The van der Waals surface area contributed by atoms with Crippen molar-refractivity contribution in [3.63, 3.8) is 0 Å². The van der Waals surface area contributed by atoms with E-state index in [-0.39, 0.29) is 6.61 Å². The smallest absolute Gasteiger partial charge is 0.434 e. The van der Waals surface area contributed by atoms with Gasteiger partial charge in [0.15, 0.2) is 0 Å². The van der Waals surface area contributed by atoms with E-state index >= 15 is 0 Å². The minimum Gasteiger partial charge on any atom is -0.434 e. The van der Waals surface area contributed by atoms with E-state index in [4.69, 9.17) is 25.9 Å². The maximum atomic E-state index is 12.5. The molecule has 0 bridgehead atoms. The largest absolute Gasteiger partial charge is 0.508 e. The van der Waals surface area contributed by atoms with E-state index in [1.54, 1.807) is 6.08 Å². The SMILES string of the molecule is CCCCc1nc(C(N)=C(C)CC)c(-c2ccccc2C)n1CC(C)(C)OC(=O)OCCC/C=C\C=C/N.SS. The molecular weight excluding hydrogens is 541 g/mol. The van der Waals surface area contributed by atoms with Gasteiger partial charge in [0.05, 0.1) is 24.5 Å². The molecule has 0 amide bonds. The van der Waals surface area contributed by atoms with Crippen LogP contribution in [0.25, 0.3) is 17.0 Å². The van der Waals surface area contributed by atoms with Crippen LogP contribution in [0, 0.1) is 6.92 Å². The lowest BCUT2D eigenvalue weighted by molar-refractivity contribution is -0.0248. The van der Waals surface area contributed by atoms with E-state index in [2.05, 4.69) is 67.7 Å². The summed E-state index contributed by atoms with van der Waals surface area (Å²) in [6.45, 7) is 12.9. The number of rotatable bonds is 14. The molecule has 40 heavy (non-hydrogen) atoms. The van der Waals surface area contributed by atoms with Crippen molar-refractivity contribution >= 4 is 35.2 Å². The van der Waals surface area contributed by atoms with Crippen molar-refractivity contribution in [1.29, 1.82) is 0 Å². The first-order valence-corrected chi connectivity index (χ1v) is 15.4. The summed E-state index contributed by atoms with van der Waals surface area (Å²) in [5, 5.41) is 0. The molecule has 222 valence electrons. The molecule has 0 saturated carbocycles. The molecule has 2 rings (SSSR count). The van der Waals surface area contributed by atoms with Crippen molar-refractivity contribution in [2.75, 3.05) is 6.61 Å². The molecule has 0 aliphatic rings. The monoisotopic (exact) mass is 588 g/mol. The molecule has 7 nitrogen and oxygen atoms in total. The number of hydrogen-bond donors (Lipinski definition) is 4. The Kier molecular flexibility index (Phi) is 16.3. The summed E-state index contributed by atoms with van der Waals surface area (Å²) < 4.78 is 13.3. The molecule has 0 aliphatic heterocycles. The first-order chi connectivity index (χ1) is 19.1. The number of aryl methyl sites for hydroxylation is 2. The van der Waals surface area contributed by atoms with Crippen LogP contribution in [0.3, 0.4) is 0 Å². The van der Waals surface area contributed by atoms with Crippen molar-refractivity contribution in [1.82, 2.24) is 9.55 Å². The second kappa shape index (κ2) is 18.5. The van der Waals surface area contributed by atoms with Gasteiger partial charge < -0.3 is 25.5 Å². The van der Waals surface area contributed by atoms with Gasteiger partial charge in [0, 0.05) is 12.0 Å². The van der Waals surface area contributed by atoms with Gasteiger partial charge in [-0.05, 0) is 76.8 Å². The zero-order chi connectivity index (χ0) is 30.1. The summed E-state index contributed by atoms with van der Waals surface area (Å²) in [6.07, 6.45) is 11.6. The highest BCUT2D eigenvalue weighted by atomic mass is 33.1. The molecule has 0 aliphatic carbocycles. The summed E-state index contributed by atoms with van der Waals surface area (Å²) in [5.41, 5.74) is 16.9. The average molecular weight is 589 g/mol. The Bertz CT molecular complexity index is 1150. The predicted molar refractivity (Wildman–Crippen MR) is 174 cm³/mol. The summed E-state index contributed by atoms with van der Waals surface area (Å²) in [4.78, 5) is 17.6. The lowest BCUT2D eigenvalue weighted by Gasteiger charge is -2.27. The molecule has 0 saturated heterocycles. The highest BCUT2D eigenvalue weighted by molar-refractivity contribution is 8.59. The Hall–Kier alpha value is -2.78. The fourth-order valence-electron chi connectivity index (χ4n) is 4.15. The minimum absolute atomic E-state index is 0.286. The summed E-state index contributed by atoms with van der Waals surface area (Å²) >= 11 is 6.44. The van der Waals surface area contributed by atoms with Crippen molar-refractivity contribution in [3.8, 4) is 11.3 Å². The predicted octanol–water partition coefficient (Wildman–Crippen LogP) is 7.80. The van der Waals surface area contributed by atoms with Crippen LogP contribution in [0.1, 0.15) is 83.8 Å². The zero-order valence-electron chi connectivity index (χ0n) is 24.9. The van der Waals surface area contributed by atoms with Gasteiger partial charge in [0.2, 0.25) is 0 Å². The Labute approximate surface area is 251 Å². The van der Waals surface area contributed by atoms with E-state index < -0.39 is 11.8 Å². The van der Waals surface area contributed by atoms with Gasteiger partial charge in [-0.25, -0.2) is 9.78 Å². The van der Waals surface area contributed by atoms with Crippen LogP contribution in [0.2, 0.25) is 0 Å². The number of thiol groups is 2. The van der Waals surface area contributed by atoms with Crippen molar-refractivity contribution in [3.05, 3.63) is 71.3 Å². The van der Waals surface area contributed by atoms with Crippen LogP contribution in [-0.4, -0.2) is 27.9 Å². The lowest BCUT2D eigenvalue weighted by Crippen LogP contribution is -2.34. The van der Waals surface area contributed by atoms with Crippen LogP contribution >= 0.6 is 23.3 Å². The zero-order valence-corrected chi connectivity index (χ0v) is 26.7. The molecule has 1 aromatic heterocycles. The first-order valence-electron chi connectivity index (χ1n) is 13.8. The Morgan fingerprint density at radius 2 is 1.85 bits per heavy atom. The third-order valence-electron chi connectivity index (χ3n) is 6.44. The van der Waals surface area contributed by atoms with Gasteiger partial charge in [-0.3, -0.25) is 0 Å². The lowest BCUT2D eigenvalue weighted by atomic mass is 10.0. The number of allylic oxidation sites excluding steroid dienone is 4. The third kappa shape index (κ3) is 11.0. The summed E-state index contributed by atoms with van der Waals surface area (Å²) in [5.74, 6) is 0.940. The van der Waals surface area contributed by atoms with Gasteiger partial charge in [-0.15, -0.1) is 23.3 Å². The molecule has 0 fully saturated rings. The number of imidazole rings is 1. The molecule has 1 aromatic carbocycles. The van der Waals surface area contributed by atoms with E-state index in [0.29, 0.717) is 18.7 Å². The fraction of sp³-hybridized carbons (Fsp3) is 0.484. The molecule has 0 spiro atoms. The highest BCUT2D eigenvalue weighted by Gasteiger charge is 2.30. The summed E-state index contributed by atoms with van der Waals surface area (Å²) in [6, 6.07) is 8.25. The van der Waals surface area contributed by atoms with Crippen molar-refractivity contribution in [2.24, 2.45) is 11.5 Å². The van der Waals surface area contributed by atoms with E-state index in [1.165, 1.54) is 6.20 Å². The maximum absolute atomic E-state index is 12.5. The highest BCUT2D eigenvalue weighted by Crippen LogP contribution is 2.34. The van der Waals surface area contributed by atoms with Crippen LogP contribution < -0.4 is 11.5 Å². The van der Waals surface area contributed by atoms with Crippen molar-refractivity contribution in [2.45, 2.75) is 92.2 Å². The molecule has 0 unspecified atom stereocenters. The standard InChI is InChI=1S/C31H46N4O3.H2S2/c1-7-9-19-26-34-28(27(33)23(3)8-2)29(25-18-14-13-17-24(25)4)35(26)22-31(5,6)38-30(36)37-21-16-12-10-11-15-20-32;1-2/h10-11,13-15,17-18,20H,7-9,12,16,19,21-22,32-33H2,1-6H3;1-2H/b11-10-,20-15-,27-23?;. The van der Waals surface area contributed by atoms with Crippen LogP contribution in [-0.2, 0) is 22.4 Å². The minimum atomic E-state index is -0.836. The molecular formula is C31H48N4O3S2. The number of nitrogens with zero attached hydrogens (tertiary/aromatic N) is 2. The second-order valence-electron chi connectivity index (χ2n) is 10.2. The topological polar surface area (TPSA) is 105 Å². The Balaban J connectivity index is 0.00000391. The van der Waals surface area contributed by atoms with E-state index in [1.807, 2.05) is 38.1 Å². The molecule has 0 radical (unpaired) electrons. The number of ether oxygens (including phenoxy) is 2. The normalized spacial score (nSPS) is 12.3. The number of unbranched alkanes of at least 4 members (excludes halogenated alkanes) is 2. The number of carbonyl (C=O) groups excluding carboxylic acids is 1.